The first kappa shape index (κ1) is 25.6. The molecular weight excluding hydrogens is 471 g/mol. The van der Waals surface area contributed by atoms with Gasteiger partial charge in [-0.15, -0.1) is 5.10 Å². The van der Waals surface area contributed by atoms with Crippen molar-refractivity contribution >= 4 is 18.5 Å². The van der Waals surface area contributed by atoms with Crippen LogP contribution in [0.1, 0.15) is 69.2 Å². The van der Waals surface area contributed by atoms with Crippen molar-refractivity contribution in [2.75, 3.05) is 0 Å². The van der Waals surface area contributed by atoms with Gasteiger partial charge in [0.05, 0.1) is 23.6 Å². The standard InChI is InChI=1S/C25H30F3N7O/c1-14-19(31-34-35(14)16-11-23(2,3)33-24(4,5)12-16)10-20(29-6)17-8-7-15(9-21(17)36)18-13-30-32-22(18)25(26,27)28/h7-10,13,16,33,36H,6,11-12H2,1-5H3,(H,30,32)/b20-10-. The van der Waals surface area contributed by atoms with Gasteiger partial charge in [-0.05, 0) is 78.0 Å². The Kier molecular flexibility index (Phi) is 6.32. The molecule has 3 N–H and O–H groups in total. The number of alkyl halides is 3. The normalized spacial score (nSPS) is 18.4. The second-order valence-electron chi connectivity index (χ2n) is 10.5. The molecule has 0 aliphatic carbocycles. The van der Waals surface area contributed by atoms with Crippen LogP contribution in [0.25, 0.3) is 22.9 Å². The first-order valence-corrected chi connectivity index (χ1v) is 11.5. The predicted octanol–water partition coefficient (Wildman–Crippen LogP) is 5.38. The van der Waals surface area contributed by atoms with Gasteiger partial charge in [0, 0.05) is 22.2 Å². The molecule has 1 aliphatic heterocycles. The lowest BCUT2D eigenvalue weighted by molar-refractivity contribution is -0.140. The fourth-order valence-corrected chi connectivity index (χ4v) is 5.25. The van der Waals surface area contributed by atoms with Crippen LogP contribution in [0.3, 0.4) is 0 Å². The average molecular weight is 502 g/mol. The van der Waals surface area contributed by atoms with Crippen LogP contribution in [0.4, 0.5) is 13.2 Å². The Hall–Kier alpha value is -3.47. The summed E-state index contributed by atoms with van der Waals surface area (Å²) < 4.78 is 41.7. The summed E-state index contributed by atoms with van der Waals surface area (Å²) in [6.07, 6.45) is -0.100. The average Bonchev–Trinajstić information content (AvgIpc) is 3.37. The monoisotopic (exact) mass is 501 g/mol. The Balaban J connectivity index is 1.66. The SMILES string of the molecule is C=N/C(=C\c1nnn(C2CC(C)(C)NC(C)(C)C2)c1C)c1ccc(-c2cn[nH]c2C(F)(F)F)cc1O. The number of benzene rings is 1. The van der Waals surface area contributed by atoms with Gasteiger partial charge in [0.25, 0.3) is 0 Å². The molecular formula is C25H30F3N7O. The minimum absolute atomic E-state index is 0.0663. The summed E-state index contributed by atoms with van der Waals surface area (Å²) in [6, 6.07) is 4.36. The molecule has 0 atom stereocenters. The first-order chi connectivity index (χ1) is 16.7. The minimum atomic E-state index is -4.60. The molecule has 36 heavy (non-hydrogen) atoms. The van der Waals surface area contributed by atoms with Crippen molar-refractivity contribution in [3.8, 4) is 16.9 Å². The van der Waals surface area contributed by atoms with Crippen LogP contribution >= 0.6 is 0 Å². The zero-order valence-corrected chi connectivity index (χ0v) is 20.9. The van der Waals surface area contributed by atoms with E-state index in [0.29, 0.717) is 17.0 Å². The Morgan fingerprint density at radius 2 is 1.89 bits per heavy atom. The molecule has 3 heterocycles. The number of aromatic nitrogens is 5. The molecule has 192 valence electrons. The summed E-state index contributed by atoms with van der Waals surface area (Å²) in [5.41, 5.74) is 0.943. The molecule has 3 aromatic rings. The maximum Gasteiger partial charge on any atom is 0.433 e. The lowest BCUT2D eigenvalue weighted by Crippen LogP contribution is -2.58. The van der Waals surface area contributed by atoms with Crippen LogP contribution < -0.4 is 5.32 Å². The summed E-state index contributed by atoms with van der Waals surface area (Å²) in [4.78, 5) is 4.04. The van der Waals surface area contributed by atoms with Gasteiger partial charge in [-0.25, -0.2) is 4.68 Å². The number of aromatic amines is 1. The van der Waals surface area contributed by atoms with E-state index in [2.05, 4.69) is 60.1 Å². The van der Waals surface area contributed by atoms with Crippen LogP contribution in [0.5, 0.6) is 5.75 Å². The van der Waals surface area contributed by atoms with Gasteiger partial charge >= 0.3 is 6.18 Å². The summed E-state index contributed by atoms with van der Waals surface area (Å²) >= 11 is 0. The van der Waals surface area contributed by atoms with Gasteiger partial charge in [-0.1, -0.05) is 11.3 Å². The summed E-state index contributed by atoms with van der Waals surface area (Å²) in [5, 5.41) is 28.5. The van der Waals surface area contributed by atoms with Crippen molar-refractivity contribution < 1.29 is 18.3 Å². The number of hydrogen-bond donors (Lipinski definition) is 3. The number of phenolic OH excluding ortho intramolecular Hbond substituents is 1. The number of nitrogens with one attached hydrogen (secondary N) is 2. The third kappa shape index (κ3) is 5.06. The maximum atomic E-state index is 13.2. The Morgan fingerprint density at radius 1 is 1.22 bits per heavy atom. The van der Waals surface area contributed by atoms with Crippen molar-refractivity contribution in [3.63, 3.8) is 0 Å². The Morgan fingerprint density at radius 3 is 2.47 bits per heavy atom. The number of H-pyrrole nitrogens is 1. The van der Waals surface area contributed by atoms with Gasteiger partial charge in [0.1, 0.15) is 17.1 Å². The number of phenols is 1. The van der Waals surface area contributed by atoms with E-state index < -0.39 is 11.9 Å². The smallest absolute Gasteiger partial charge is 0.433 e. The summed E-state index contributed by atoms with van der Waals surface area (Å²) in [7, 11) is 0. The van der Waals surface area contributed by atoms with Gasteiger partial charge in [-0.3, -0.25) is 10.1 Å². The number of hydrogen-bond acceptors (Lipinski definition) is 6. The van der Waals surface area contributed by atoms with Gasteiger partial charge in [0.2, 0.25) is 0 Å². The number of rotatable bonds is 5. The molecule has 1 saturated heterocycles. The van der Waals surface area contributed by atoms with E-state index in [4.69, 9.17) is 0 Å². The lowest BCUT2D eigenvalue weighted by atomic mass is 9.79. The first-order valence-electron chi connectivity index (χ1n) is 11.5. The number of aliphatic imine (C=N–C) groups is 1. The van der Waals surface area contributed by atoms with Gasteiger partial charge < -0.3 is 10.4 Å². The van der Waals surface area contributed by atoms with Crippen molar-refractivity contribution in [3.05, 3.63) is 47.0 Å². The van der Waals surface area contributed by atoms with Crippen molar-refractivity contribution in [2.24, 2.45) is 4.99 Å². The minimum Gasteiger partial charge on any atom is -0.507 e. The van der Waals surface area contributed by atoms with E-state index in [9.17, 15) is 18.3 Å². The third-order valence-electron chi connectivity index (χ3n) is 6.43. The highest BCUT2D eigenvalue weighted by molar-refractivity contribution is 5.85. The highest BCUT2D eigenvalue weighted by Gasteiger charge is 2.39. The Bertz CT molecular complexity index is 1300. The molecule has 0 amide bonds. The molecule has 0 spiro atoms. The van der Waals surface area contributed by atoms with E-state index in [-0.39, 0.29) is 34.0 Å². The molecule has 0 bridgehead atoms. The molecule has 0 saturated carbocycles. The molecule has 0 radical (unpaired) electrons. The molecule has 1 fully saturated rings. The zero-order valence-electron chi connectivity index (χ0n) is 20.9. The highest BCUT2D eigenvalue weighted by Crippen LogP contribution is 2.39. The van der Waals surface area contributed by atoms with E-state index in [1.165, 1.54) is 18.2 Å². The number of aromatic hydroxyl groups is 1. The summed E-state index contributed by atoms with van der Waals surface area (Å²) in [6.45, 7) is 14.2. The van der Waals surface area contributed by atoms with Crippen LogP contribution in [0, 0.1) is 6.92 Å². The second-order valence-corrected chi connectivity index (χ2v) is 10.5. The molecule has 1 aliphatic rings. The Labute approximate surface area is 207 Å². The number of nitrogens with zero attached hydrogens (tertiary/aromatic N) is 5. The number of halogens is 3. The van der Waals surface area contributed by atoms with E-state index in [1.807, 2.05) is 16.7 Å². The highest BCUT2D eigenvalue weighted by atomic mass is 19.4. The largest absolute Gasteiger partial charge is 0.507 e. The van der Waals surface area contributed by atoms with Gasteiger partial charge in [0.15, 0.2) is 0 Å². The lowest BCUT2D eigenvalue weighted by Gasteiger charge is -2.46. The van der Waals surface area contributed by atoms with Crippen LogP contribution in [0.15, 0.2) is 29.4 Å². The van der Waals surface area contributed by atoms with Crippen molar-refractivity contribution in [1.29, 1.82) is 0 Å². The summed E-state index contributed by atoms with van der Waals surface area (Å²) in [5.74, 6) is -0.243. The van der Waals surface area contributed by atoms with E-state index in [1.54, 1.807) is 6.08 Å². The number of piperidine rings is 1. The van der Waals surface area contributed by atoms with Crippen LogP contribution in [-0.2, 0) is 6.18 Å². The maximum absolute atomic E-state index is 13.2. The fraction of sp³-hybridized carbons (Fsp3) is 0.440. The topological polar surface area (TPSA) is 104 Å². The third-order valence-corrected chi connectivity index (χ3v) is 6.43. The molecule has 4 rings (SSSR count). The van der Waals surface area contributed by atoms with Crippen LogP contribution in [-0.4, -0.2) is 48.1 Å². The quantitative estimate of drug-likeness (QED) is 0.407. The molecule has 8 nitrogen and oxygen atoms in total. The van der Waals surface area contributed by atoms with E-state index in [0.717, 1.165) is 24.7 Å². The molecule has 11 heteroatoms. The molecule has 2 aromatic heterocycles. The van der Waals surface area contributed by atoms with Crippen molar-refractivity contribution in [1.82, 2.24) is 30.5 Å². The molecule has 0 unspecified atom stereocenters. The van der Waals surface area contributed by atoms with Crippen molar-refractivity contribution in [2.45, 2.75) is 70.8 Å². The van der Waals surface area contributed by atoms with Gasteiger partial charge in [-0.2, -0.15) is 18.3 Å². The second kappa shape index (κ2) is 8.88. The molecule has 1 aromatic carbocycles. The predicted molar refractivity (Wildman–Crippen MR) is 132 cm³/mol. The fourth-order valence-electron chi connectivity index (χ4n) is 5.25. The van der Waals surface area contributed by atoms with Crippen LogP contribution in [0.2, 0.25) is 0 Å². The van der Waals surface area contributed by atoms with E-state index >= 15 is 0 Å². The zero-order chi connectivity index (χ0) is 26.5.